The van der Waals surface area contributed by atoms with Crippen molar-refractivity contribution in [3.63, 3.8) is 0 Å². The van der Waals surface area contributed by atoms with Gasteiger partial charge in [-0.15, -0.1) is 0 Å². The van der Waals surface area contributed by atoms with E-state index >= 15 is 0 Å². The third-order valence-electron chi connectivity index (χ3n) is 2.17. The monoisotopic (exact) mass is 225 g/mol. The predicted molar refractivity (Wildman–Crippen MR) is 57.2 cm³/mol. The van der Waals surface area contributed by atoms with Gasteiger partial charge < -0.3 is 19.0 Å². The first kappa shape index (κ1) is 13.7. The Hall–Kier alpha value is -0.300. The van der Waals surface area contributed by atoms with Crippen molar-refractivity contribution in [2.24, 2.45) is 5.92 Å². The molecule has 0 aliphatic rings. The minimum Gasteiger partial charge on any atom is -0.337 e. The van der Waals surface area contributed by atoms with E-state index in [2.05, 4.69) is 5.32 Å². The second-order valence-electron chi connectivity index (χ2n) is 3.83. The van der Waals surface area contributed by atoms with Crippen LogP contribution in [0, 0.1) is 5.92 Å². The number of amides is 1. The van der Waals surface area contributed by atoms with Gasteiger partial charge in [-0.2, -0.15) is 0 Å². The number of hydrogen-bond donors (Lipinski definition) is 4. The molecular formula is C8H19NO4S. The van der Waals surface area contributed by atoms with Crippen molar-refractivity contribution >= 4 is 16.8 Å². The van der Waals surface area contributed by atoms with E-state index in [4.69, 9.17) is 13.7 Å². The fourth-order valence-corrected chi connectivity index (χ4v) is 0.911. The molecule has 0 radical (unpaired) electrons. The number of carbonyl (C=O) groups excluding carboxylic acids is 1. The highest BCUT2D eigenvalue weighted by Gasteiger charge is 2.37. The molecule has 86 valence electrons. The van der Waals surface area contributed by atoms with E-state index in [0.717, 1.165) is 0 Å². The lowest BCUT2D eigenvalue weighted by atomic mass is 10.1. The Bertz CT molecular complexity index is 212. The van der Waals surface area contributed by atoms with Gasteiger partial charge in [0, 0.05) is 5.92 Å². The highest BCUT2D eigenvalue weighted by Crippen LogP contribution is 2.46. The second kappa shape index (κ2) is 4.48. The fraction of sp³-hybridized carbons (Fsp3) is 0.875. The van der Waals surface area contributed by atoms with Crippen LogP contribution in [0.1, 0.15) is 34.1 Å². The summed E-state index contributed by atoms with van der Waals surface area (Å²) in [6.07, 6.45) is 0.659. The number of rotatable bonds is 4. The Balaban J connectivity index is 4.45. The lowest BCUT2D eigenvalue weighted by Gasteiger charge is -2.38. The normalized spacial score (nSPS) is 16.2. The maximum atomic E-state index is 11.4. The van der Waals surface area contributed by atoms with Crippen LogP contribution in [-0.4, -0.2) is 24.4 Å². The van der Waals surface area contributed by atoms with Crippen molar-refractivity contribution in [3.05, 3.63) is 0 Å². The summed E-state index contributed by atoms with van der Waals surface area (Å²) in [4.78, 5) is 10.00. The molecule has 1 atom stereocenters. The van der Waals surface area contributed by atoms with Gasteiger partial charge in [-0.05, 0) is 20.3 Å². The molecule has 1 amide bonds. The summed E-state index contributed by atoms with van der Waals surface area (Å²) < 4.78 is 27.1. The zero-order valence-electron chi connectivity index (χ0n) is 8.94. The summed E-state index contributed by atoms with van der Waals surface area (Å²) in [5.41, 5.74) is 0. The van der Waals surface area contributed by atoms with Crippen molar-refractivity contribution < 1.29 is 18.5 Å². The molecule has 0 aliphatic heterocycles. The predicted octanol–water partition coefficient (Wildman–Crippen LogP) is 2.11. The van der Waals surface area contributed by atoms with Crippen LogP contribution >= 0.6 is 10.9 Å². The summed E-state index contributed by atoms with van der Waals surface area (Å²) in [5, 5.41) is 2.40. The van der Waals surface area contributed by atoms with E-state index in [0.29, 0.717) is 6.42 Å². The topological polar surface area (TPSA) is 89.8 Å². The van der Waals surface area contributed by atoms with E-state index in [1.807, 2.05) is 6.92 Å². The molecule has 0 aromatic rings. The van der Waals surface area contributed by atoms with E-state index in [-0.39, 0.29) is 11.8 Å². The SMILES string of the molecule is CCC(C)C(=O)NC(C)(C)S(O)(O)O. The zero-order chi connectivity index (χ0) is 11.6. The van der Waals surface area contributed by atoms with Gasteiger partial charge in [-0.3, -0.25) is 4.79 Å². The molecule has 0 rings (SSSR count). The van der Waals surface area contributed by atoms with Crippen molar-refractivity contribution in [1.29, 1.82) is 0 Å². The van der Waals surface area contributed by atoms with Crippen molar-refractivity contribution in [2.45, 2.75) is 39.0 Å². The smallest absolute Gasteiger partial charge is 0.224 e. The van der Waals surface area contributed by atoms with E-state index < -0.39 is 15.7 Å². The molecule has 0 aromatic carbocycles. The lowest BCUT2D eigenvalue weighted by molar-refractivity contribution is -0.125. The second-order valence-corrected chi connectivity index (χ2v) is 5.89. The van der Waals surface area contributed by atoms with Gasteiger partial charge in [0.1, 0.15) is 15.7 Å². The first-order valence-corrected chi connectivity index (χ1v) is 5.94. The highest BCUT2D eigenvalue weighted by molar-refractivity contribution is 8.20. The third kappa shape index (κ3) is 3.45. The Morgan fingerprint density at radius 1 is 1.43 bits per heavy atom. The third-order valence-corrected chi connectivity index (χ3v) is 3.64. The zero-order valence-corrected chi connectivity index (χ0v) is 9.76. The average molecular weight is 225 g/mol. The lowest BCUT2D eigenvalue weighted by Crippen LogP contribution is -2.48. The summed E-state index contributed by atoms with van der Waals surface area (Å²) >= 11 is 0. The fourth-order valence-electron chi connectivity index (χ4n) is 0.674. The van der Waals surface area contributed by atoms with Crippen LogP contribution in [0.15, 0.2) is 0 Å². The molecular weight excluding hydrogens is 206 g/mol. The first-order valence-electron chi connectivity index (χ1n) is 4.44. The van der Waals surface area contributed by atoms with Gasteiger partial charge >= 0.3 is 0 Å². The molecule has 0 bridgehead atoms. The van der Waals surface area contributed by atoms with Crippen LogP contribution in [0.4, 0.5) is 0 Å². The van der Waals surface area contributed by atoms with Crippen molar-refractivity contribution in [2.75, 3.05) is 0 Å². The highest BCUT2D eigenvalue weighted by atomic mass is 32.3. The largest absolute Gasteiger partial charge is 0.337 e. The molecule has 14 heavy (non-hydrogen) atoms. The number of hydrogen-bond acceptors (Lipinski definition) is 4. The van der Waals surface area contributed by atoms with Crippen molar-refractivity contribution in [3.8, 4) is 0 Å². The number of nitrogens with one attached hydrogen (secondary N) is 1. The van der Waals surface area contributed by atoms with Crippen LogP contribution in [-0.2, 0) is 4.79 Å². The molecule has 5 nitrogen and oxygen atoms in total. The Labute approximate surface area is 86.1 Å². The quantitative estimate of drug-likeness (QED) is 0.590. The Morgan fingerprint density at radius 2 is 1.86 bits per heavy atom. The first-order chi connectivity index (χ1) is 6.12. The van der Waals surface area contributed by atoms with Gasteiger partial charge in [-0.25, -0.2) is 0 Å². The molecule has 0 saturated heterocycles. The van der Waals surface area contributed by atoms with E-state index in [1.165, 1.54) is 13.8 Å². The number of carbonyl (C=O) groups is 1. The van der Waals surface area contributed by atoms with Crippen molar-refractivity contribution in [1.82, 2.24) is 5.32 Å². The van der Waals surface area contributed by atoms with Gasteiger partial charge in [0.2, 0.25) is 5.91 Å². The molecule has 0 spiro atoms. The summed E-state index contributed by atoms with van der Waals surface area (Å²) in [6.45, 7) is 6.31. The van der Waals surface area contributed by atoms with Gasteiger partial charge in [0.05, 0.1) is 0 Å². The summed E-state index contributed by atoms with van der Waals surface area (Å²) in [6, 6.07) is 0. The molecule has 0 saturated carbocycles. The van der Waals surface area contributed by atoms with Crippen LogP contribution in [0.2, 0.25) is 0 Å². The average Bonchev–Trinajstić information content (AvgIpc) is 2.00. The maximum Gasteiger partial charge on any atom is 0.224 e. The molecule has 0 heterocycles. The van der Waals surface area contributed by atoms with E-state index in [1.54, 1.807) is 6.92 Å². The minimum atomic E-state index is -3.77. The standard InChI is InChI=1S/C8H19NO4S/c1-5-6(2)7(10)9-8(3,4)14(11,12)13/h6,11-13H,5H2,1-4H3,(H,9,10). The maximum absolute atomic E-state index is 11.4. The Kier molecular flexibility index (Phi) is 4.38. The Morgan fingerprint density at radius 3 is 2.14 bits per heavy atom. The van der Waals surface area contributed by atoms with Crippen LogP contribution in [0.5, 0.6) is 0 Å². The molecule has 0 fully saturated rings. The molecule has 1 unspecified atom stereocenters. The van der Waals surface area contributed by atoms with Crippen LogP contribution in [0.25, 0.3) is 0 Å². The molecule has 6 heteroatoms. The van der Waals surface area contributed by atoms with Gasteiger partial charge in [0.25, 0.3) is 0 Å². The van der Waals surface area contributed by atoms with E-state index in [9.17, 15) is 4.79 Å². The molecule has 0 aliphatic carbocycles. The van der Waals surface area contributed by atoms with Crippen LogP contribution < -0.4 is 5.32 Å². The van der Waals surface area contributed by atoms with Crippen LogP contribution in [0.3, 0.4) is 0 Å². The summed E-state index contributed by atoms with van der Waals surface area (Å²) in [5.74, 6) is -0.512. The minimum absolute atomic E-state index is 0.212. The molecule has 0 aromatic heterocycles. The summed E-state index contributed by atoms with van der Waals surface area (Å²) in [7, 11) is -3.77. The molecule has 4 N–H and O–H groups in total. The van der Waals surface area contributed by atoms with Gasteiger partial charge in [0.15, 0.2) is 0 Å². The van der Waals surface area contributed by atoms with Gasteiger partial charge in [-0.1, -0.05) is 13.8 Å².